The van der Waals surface area contributed by atoms with E-state index in [1.165, 1.54) is 12.1 Å². The molecule has 6 heteroatoms. The first-order valence-electron chi connectivity index (χ1n) is 9.79. The Kier molecular flexibility index (Phi) is 7.62. The summed E-state index contributed by atoms with van der Waals surface area (Å²) in [6, 6.07) is 17.3. The molecule has 31 heavy (non-hydrogen) atoms. The largest absolute Gasteiger partial charge is 1.00 e. The summed E-state index contributed by atoms with van der Waals surface area (Å²) >= 11 is 0. The molecule has 0 N–H and O–H groups in total. The molecule has 0 saturated carbocycles. The van der Waals surface area contributed by atoms with Gasteiger partial charge in [0.05, 0.1) is 11.5 Å². The first kappa shape index (κ1) is 23.6. The number of carboxylic acids is 1. The van der Waals surface area contributed by atoms with Crippen molar-refractivity contribution in [2.75, 3.05) is 0 Å². The Bertz CT molecular complexity index is 1170. The van der Waals surface area contributed by atoms with Crippen LogP contribution in [0.4, 0.5) is 0 Å². The van der Waals surface area contributed by atoms with Gasteiger partial charge in [-0.15, -0.1) is 0 Å². The second-order valence-corrected chi connectivity index (χ2v) is 7.18. The number of fused-ring (bicyclic) bond motifs is 2. The molecule has 5 nitrogen and oxygen atoms in total. The summed E-state index contributed by atoms with van der Waals surface area (Å²) < 4.78 is 6.06. The number of hydrogen-bond acceptors (Lipinski definition) is 5. The van der Waals surface area contributed by atoms with Crippen molar-refractivity contribution in [3.8, 4) is 5.75 Å². The minimum atomic E-state index is -1.49. The minimum absolute atomic E-state index is 0. The molecule has 4 rings (SSSR count). The molecule has 0 aromatic heterocycles. The number of rotatable bonds is 6. The van der Waals surface area contributed by atoms with E-state index in [4.69, 9.17) is 4.74 Å². The summed E-state index contributed by atoms with van der Waals surface area (Å²) in [6.45, 7) is 2.14. The van der Waals surface area contributed by atoms with Gasteiger partial charge >= 0.3 is 51.4 Å². The Labute approximate surface area is 222 Å². The van der Waals surface area contributed by atoms with Crippen molar-refractivity contribution in [1.82, 2.24) is 0 Å². The third-order valence-corrected chi connectivity index (χ3v) is 5.19. The molecule has 0 bridgehead atoms. The van der Waals surface area contributed by atoms with E-state index in [0.717, 1.165) is 5.56 Å². The van der Waals surface area contributed by atoms with Crippen LogP contribution < -0.4 is 61.2 Å². The molecule has 3 aromatic carbocycles. The third-order valence-electron chi connectivity index (χ3n) is 5.19. The van der Waals surface area contributed by atoms with Gasteiger partial charge in [0.15, 0.2) is 11.6 Å². The molecule has 0 saturated heterocycles. The summed E-state index contributed by atoms with van der Waals surface area (Å²) in [5.41, 5.74) is 1.50. The van der Waals surface area contributed by atoms with Crippen molar-refractivity contribution in [3.05, 3.63) is 99.6 Å². The number of carbonyl (C=O) groups is 3. The maximum atomic E-state index is 13.4. The molecule has 0 aliphatic heterocycles. The van der Waals surface area contributed by atoms with Gasteiger partial charge < -0.3 is 14.6 Å². The topological polar surface area (TPSA) is 83.5 Å². The van der Waals surface area contributed by atoms with Gasteiger partial charge in [-0.3, -0.25) is 9.59 Å². The van der Waals surface area contributed by atoms with E-state index in [9.17, 15) is 19.5 Å². The van der Waals surface area contributed by atoms with E-state index >= 15 is 0 Å². The Balaban J connectivity index is 0.00000272. The van der Waals surface area contributed by atoms with E-state index in [2.05, 4.69) is 0 Å². The zero-order chi connectivity index (χ0) is 21.3. The molecule has 0 heterocycles. The third kappa shape index (κ3) is 4.45. The standard InChI is InChI=1S/C25H20O5.K/c1-2-8-16-13-19(25(28)29)20-21(24(16)30-14-15-9-4-3-5-10-15)23(27)18-12-7-6-11-17(18)22(20)26;/h3-7,9-13H,2,8,14H2,1H3,(H,28,29);/q;+1/p-1. The molecule has 0 spiro atoms. The first-order valence-corrected chi connectivity index (χ1v) is 9.79. The fraction of sp³-hybridized carbons (Fsp3) is 0.160. The van der Waals surface area contributed by atoms with Crippen LogP contribution in [0.2, 0.25) is 0 Å². The second kappa shape index (κ2) is 10.0. The fourth-order valence-corrected chi connectivity index (χ4v) is 3.83. The number of carboxylic acid groups (broad SMARTS) is 1. The van der Waals surface area contributed by atoms with Gasteiger partial charge in [0, 0.05) is 22.3 Å². The summed E-state index contributed by atoms with van der Waals surface area (Å²) in [5, 5.41) is 11.9. The Hall–Kier alpha value is -2.09. The van der Waals surface area contributed by atoms with Crippen molar-refractivity contribution < 1.29 is 75.6 Å². The average Bonchev–Trinajstić information content (AvgIpc) is 2.76. The average molecular weight is 439 g/mol. The van der Waals surface area contributed by atoms with Gasteiger partial charge in [-0.05, 0) is 23.6 Å². The Morgan fingerprint density at radius 1 is 0.903 bits per heavy atom. The molecule has 0 amide bonds. The van der Waals surface area contributed by atoms with Crippen molar-refractivity contribution in [3.63, 3.8) is 0 Å². The molecule has 3 aromatic rings. The van der Waals surface area contributed by atoms with E-state index in [0.29, 0.717) is 18.4 Å². The zero-order valence-electron chi connectivity index (χ0n) is 17.4. The normalized spacial score (nSPS) is 11.9. The van der Waals surface area contributed by atoms with Crippen LogP contribution in [0.15, 0.2) is 60.7 Å². The van der Waals surface area contributed by atoms with E-state index in [-0.39, 0.29) is 91.6 Å². The number of carbonyl (C=O) groups excluding carboxylic acids is 3. The van der Waals surface area contributed by atoms with Crippen molar-refractivity contribution in [2.45, 2.75) is 26.4 Å². The fourth-order valence-electron chi connectivity index (χ4n) is 3.83. The van der Waals surface area contributed by atoms with Gasteiger partial charge in [0.25, 0.3) is 0 Å². The summed E-state index contributed by atoms with van der Waals surface area (Å²) in [5.74, 6) is -2.14. The number of hydrogen-bond donors (Lipinski definition) is 0. The second-order valence-electron chi connectivity index (χ2n) is 7.18. The van der Waals surface area contributed by atoms with Gasteiger partial charge in [-0.25, -0.2) is 0 Å². The van der Waals surface area contributed by atoms with Crippen LogP contribution in [0.1, 0.15) is 66.7 Å². The maximum absolute atomic E-state index is 13.4. The quantitative estimate of drug-likeness (QED) is 0.406. The summed E-state index contributed by atoms with van der Waals surface area (Å²) in [6.07, 6.45) is 1.21. The van der Waals surface area contributed by atoms with E-state index in [1.54, 1.807) is 18.2 Å². The van der Waals surface area contributed by atoms with Crippen molar-refractivity contribution in [1.29, 1.82) is 0 Å². The predicted molar refractivity (Wildman–Crippen MR) is 109 cm³/mol. The van der Waals surface area contributed by atoms with Crippen LogP contribution >= 0.6 is 0 Å². The van der Waals surface area contributed by atoms with Crippen molar-refractivity contribution in [2.24, 2.45) is 0 Å². The summed E-state index contributed by atoms with van der Waals surface area (Å²) in [7, 11) is 0. The molecular weight excluding hydrogens is 419 g/mol. The molecule has 0 atom stereocenters. The van der Waals surface area contributed by atoms with Crippen LogP contribution in [-0.2, 0) is 13.0 Å². The summed E-state index contributed by atoms with van der Waals surface area (Å²) in [4.78, 5) is 38.4. The molecule has 1 aliphatic carbocycles. The SMILES string of the molecule is CCCc1cc(C(=O)[O-])c2c(c1OCc1ccccc1)C(=O)c1ccccc1C2=O.[K+]. The molecule has 0 unspecified atom stereocenters. The molecule has 0 fully saturated rings. The number of ether oxygens (including phenoxy) is 1. The van der Waals surface area contributed by atoms with E-state index in [1.807, 2.05) is 37.3 Å². The number of aryl methyl sites for hydroxylation is 1. The minimum Gasteiger partial charge on any atom is -0.545 e. The zero-order valence-corrected chi connectivity index (χ0v) is 20.6. The molecule has 1 aliphatic rings. The van der Waals surface area contributed by atoms with E-state index < -0.39 is 17.5 Å². The van der Waals surface area contributed by atoms with Gasteiger partial charge in [0.1, 0.15) is 12.4 Å². The first-order chi connectivity index (χ1) is 14.5. The van der Waals surface area contributed by atoms with Crippen LogP contribution in [-0.4, -0.2) is 17.5 Å². The smallest absolute Gasteiger partial charge is 0.545 e. The molecule has 0 radical (unpaired) electrons. The molecular formula is C25H19KO5. The maximum Gasteiger partial charge on any atom is 1.00 e. The molecule has 150 valence electrons. The van der Waals surface area contributed by atoms with Crippen molar-refractivity contribution >= 4 is 17.5 Å². The Morgan fingerprint density at radius 3 is 2.06 bits per heavy atom. The van der Waals surface area contributed by atoms with Crippen LogP contribution in [0.3, 0.4) is 0 Å². The van der Waals surface area contributed by atoms with Gasteiger partial charge in [-0.2, -0.15) is 0 Å². The predicted octanol–water partition coefficient (Wildman–Crippen LogP) is 0.361. The van der Waals surface area contributed by atoms with Crippen LogP contribution in [0.5, 0.6) is 5.75 Å². The van der Waals surface area contributed by atoms with Gasteiger partial charge in [0.2, 0.25) is 0 Å². The van der Waals surface area contributed by atoms with Crippen LogP contribution in [0.25, 0.3) is 0 Å². The number of benzene rings is 3. The Morgan fingerprint density at radius 2 is 1.48 bits per heavy atom. The number of ketones is 2. The number of aromatic carboxylic acids is 1. The monoisotopic (exact) mass is 438 g/mol. The van der Waals surface area contributed by atoms with Crippen LogP contribution in [0, 0.1) is 0 Å². The van der Waals surface area contributed by atoms with Gasteiger partial charge in [-0.1, -0.05) is 67.9 Å².